The number of hydrogen-bond donors (Lipinski definition) is 2. The first-order valence-electron chi connectivity index (χ1n) is 6.31. The average molecular weight is 326 g/mol. The van der Waals surface area contributed by atoms with Crippen LogP contribution in [0.3, 0.4) is 0 Å². The standard InChI is InChI=1S/C14H18N2O5S/c1-20-10-4-3-5-13(14(17)21-2)16-22(18,19)12-8-6-11(15)7-9-12/h6-9,13,16H,5,10,15H2,1-2H3. The van der Waals surface area contributed by atoms with Crippen molar-refractivity contribution in [3.8, 4) is 11.8 Å². The maximum absolute atomic E-state index is 12.2. The van der Waals surface area contributed by atoms with Crippen LogP contribution in [0.5, 0.6) is 0 Å². The van der Waals surface area contributed by atoms with Crippen molar-refractivity contribution in [2.24, 2.45) is 0 Å². The van der Waals surface area contributed by atoms with Crippen LogP contribution in [0.1, 0.15) is 6.42 Å². The molecule has 0 radical (unpaired) electrons. The number of nitrogens with two attached hydrogens (primary N) is 1. The Morgan fingerprint density at radius 1 is 1.27 bits per heavy atom. The largest absolute Gasteiger partial charge is 0.468 e. The number of nitrogen functional groups attached to an aromatic ring is 1. The van der Waals surface area contributed by atoms with Crippen molar-refractivity contribution < 1.29 is 22.7 Å². The molecule has 22 heavy (non-hydrogen) atoms. The number of anilines is 1. The molecule has 0 spiro atoms. The van der Waals surface area contributed by atoms with Crippen molar-refractivity contribution >= 4 is 21.7 Å². The van der Waals surface area contributed by atoms with E-state index in [4.69, 9.17) is 10.5 Å². The summed E-state index contributed by atoms with van der Waals surface area (Å²) in [5, 5.41) is 0. The zero-order chi connectivity index (χ0) is 16.6. The van der Waals surface area contributed by atoms with Gasteiger partial charge in [-0.3, -0.25) is 4.79 Å². The first kappa shape index (κ1) is 18.0. The van der Waals surface area contributed by atoms with Gasteiger partial charge in [0.25, 0.3) is 0 Å². The Morgan fingerprint density at radius 2 is 1.91 bits per heavy atom. The number of benzene rings is 1. The number of rotatable bonds is 6. The second-order valence-electron chi connectivity index (χ2n) is 4.26. The van der Waals surface area contributed by atoms with Gasteiger partial charge in [-0.25, -0.2) is 8.42 Å². The van der Waals surface area contributed by atoms with Crippen molar-refractivity contribution in [1.82, 2.24) is 4.72 Å². The van der Waals surface area contributed by atoms with E-state index < -0.39 is 22.0 Å². The van der Waals surface area contributed by atoms with Gasteiger partial charge in [-0.05, 0) is 24.3 Å². The summed E-state index contributed by atoms with van der Waals surface area (Å²) >= 11 is 0. The van der Waals surface area contributed by atoms with Crippen LogP contribution in [0, 0.1) is 11.8 Å². The molecule has 0 aromatic heterocycles. The van der Waals surface area contributed by atoms with Crippen molar-refractivity contribution in [2.75, 3.05) is 26.6 Å². The van der Waals surface area contributed by atoms with Gasteiger partial charge >= 0.3 is 5.97 Å². The third-order valence-electron chi connectivity index (χ3n) is 2.62. The van der Waals surface area contributed by atoms with Gasteiger partial charge in [0, 0.05) is 19.2 Å². The fourth-order valence-corrected chi connectivity index (χ4v) is 2.70. The smallest absolute Gasteiger partial charge is 0.324 e. The third-order valence-corrected chi connectivity index (χ3v) is 4.11. The molecule has 7 nitrogen and oxygen atoms in total. The van der Waals surface area contributed by atoms with Crippen LogP contribution in [0.4, 0.5) is 5.69 Å². The average Bonchev–Trinajstić information content (AvgIpc) is 2.50. The van der Waals surface area contributed by atoms with E-state index in [-0.39, 0.29) is 17.9 Å². The molecule has 0 heterocycles. The Kier molecular flexibility index (Phi) is 6.85. The van der Waals surface area contributed by atoms with E-state index in [9.17, 15) is 13.2 Å². The van der Waals surface area contributed by atoms with Gasteiger partial charge < -0.3 is 15.2 Å². The molecule has 0 bridgehead atoms. The van der Waals surface area contributed by atoms with E-state index in [0.717, 1.165) is 0 Å². The Balaban J connectivity index is 2.90. The summed E-state index contributed by atoms with van der Waals surface area (Å²) in [6, 6.07) is 4.52. The van der Waals surface area contributed by atoms with Gasteiger partial charge in [0.05, 0.1) is 12.0 Å². The molecule has 0 fully saturated rings. The lowest BCUT2D eigenvalue weighted by Gasteiger charge is -2.14. The highest BCUT2D eigenvalue weighted by molar-refractivity contribution is 7.89. The zero-order valence-electron chi connectivity index (χ0n) is 12.3. The summed E-state index contributed by atoms with van der Waals surface area (Å²) in [5.74, 6) is 4.59. The molecular weight excluding hydrogens is 308 g/mol. The molecule has 0 aliphatic heterocycles. The summed E-state index contributed by atoms with van der Waals surface area (Å²) in [7, 11) is -1.22. The van der Waals surface area contributed by atoms with Gasteiger partial charge in [0.2, 0.25) is 10.0 Å². The molecule has 1 unspecified atom stereocenters. The molecule has 120 valence electrons. The van der Waals surface area contributed by atoms with Gasteiger partial charge in [0.15, 0.2) is 0 Å². The molecule has 1 aromatic rings. The molecule has 0 aliphatic carbocycles. The Bertz CT molecular complexity index is 659. The van der Waals surface area contributed by atoms with Gasteiger partial charge in [-0.1, -0.05) is 11.8 Å². The Morgan fingerprint density at radius 3 is 2.45 bits per heavy atom. The number of esters is 1. The molecule has 0 amide bonds. The highest BCUT2D eigenvalue weighted by Gasteiger charge is 2.25. The molecule has 1 atom stereocenters. The minimum absolute atomic E-state index is 0.000420. The van der Waals surface area contributed by atoms with E-state index in [1.165, 1.54) is 38.5 Å². The monoisotopic (exact) mass is 326 g/mol. The Labute approximate surface area is 129 Å². The Hall–Kier alpha value is -2.08. The molecular formula is C14H18N2O5S. The summed E-state index contributed by atoms with van der Waals surface area (Å²) in [4.78, 5) is 11.7. The van der Waals surface area contributed by atoms with Gasteiger partial charge in [-0.2, -0.15) is 4.72 Å². The van der Waals surface area contributed by atoms with Crippen molar-refractivity contribution in [2.45, 2.75) is 17.4 Å². The van der Waals surface area contributed by atoms with Gasteiger partial charge in [0.1, 0.15) is 12.6 Å². The number of carbonyl (C=O) groups is 1. The number of nitrogens with one attached hydrogen (secondary N) is 1. The van der Waals surface area contributed by atoms with Crippen LogP contribution in [-0.4, -0.2) is 41.3 Å². The number of carbonyl (C=O) groups excluding carboxylic acids is 1. The lowest BCUT2D eigenvalue weighted by Crippen LogP contribution is -2.41. The summed E-state index contributed by atoms with van der Waals surface area (Å²) < 4.78 is 36.1. The number of hydrogen-bond acceptors (Lipinski definition) is 6. The number of sulfonamides is 1. The van der Waals surface area contributed by atoms with E-state index in [2.05, 4.69) is 21.3 Å². The van der Waals surface area contributed by atoms with Crippen molar-refractivity contribution in [3.63, 3.8) is 0 Å². The van der Waals surface area contributed by atoms with E-state index in [1.807, 2.05) is 0 Å². The molecule has 1 rings (SSSR count). The van der Waals surface area contributed by atoms with Crippen LogP contribution in [-0.2, 0) is 24.3 Å². The number of ether oxygens (including phenoxy) is 2. The third kappa shape index (κ3) is 5.37. The fourth-order valence-electron chi connectivity index (χ4n) is 1.52. The van der Waals surface area contributed by atoms with Crippen LogP contribution in [0.2, 0.25) is 0 Å². The van der Waals surface area contributed by atoms with E-state index >= 15 is 0 Å². The molecule has 0 saturated carbocycles. The summed E-state index contributed by atoms with van der Waals surface area (Å²) in [6.45, 7) is 0.193. The van der Waals surface area contributed by atoms with Crippen LogP contribution in [0.15, 0.2) is 29.2 Å². The topological polar surface area (TPSA) is 108 Å². The molecule has 8 heteroatoms. The molecule has 3 N–H and O–H groups in total. The van der Waals surface area contributed by atoms with Crippen LogP contribution >= 0.6 is 0 Å². The minimum atomic E-state index is -3.88. The fraction of sp³-hybridized carbons (Fsp3) is 0.357. The lowest BCUT2D eigenvalue weighted by atomic mass is 10.2. The molecule has 0 aliphatic rings. The van der Waals surface area contributed by atoms with Crippen molar-refractivity contribution in [3.05, 3.63) is 24.3 Å². The lowest BCUT2D eigenvalue weighted by molar-refractivity contribution is -0.142. The maximum Gasteiger partial charge on any atom is 0.324 e. The predicted octanol–water partition coefficient (Wildman–Crippen LogP) is 0.129. The van der Waals surface area contributed by atoms with Gasteiger partial charge in [-0.15, -0.1) is 0 Å². The first-order chi connectivity index (χ1) is 10.4. The SMILES string of the molecule is COCC#CCC(NS(=O)(=O)c1ccc(N)cc1)C(=O)OC. The normalized spacial score (nSPS) is 12.1. The summed E-state index contributed by atoms with van der Waals surface area (Å²) in [6.07, 6.45) is -0.0236. The first-order valence-corrected chi connectivity index (χ1v) is 7.79. The molecule has 0 saturated heterocycles. The second kappa shape index (κ2) is 8.38. The predicted molar refractivity (Wildman–Crippen MR) is 81.2 cm³/mol. The highest BCUT2D eigenvalue weighted by atomic mass is 32.2. The highest BCUT2D eigenvalue weighted by Crippen LogP contribution is 2.12. The second-order valence-corrected chi connectivity index (χ2v) is 5.97. The van der Waals surface area contributed by atoms with Crippen LogP contribution in [0.25, 0.3) is 0 Å². The maximum atomic E-state index is 12.2. The zero-order valence-corrected chi connectivity index (χ0v) is 13.1. The number of methoxy groups -OCH3 is 2. The quantitative estimate of drug-likeness (QED) is 0.437. The summed E-state index contributed by atoms with van der Waals surface area (Å²) in [5.41, 5.74) is 5.95. The minimum Gasteiger partial charge on any atom is -0.468 e. The van der Waals surface area contributed by atoms with E-state index in [0.29, 0.717) is 5.69 Å². The van der Waals surface area contributed by atoms with E-state index in [1.54, 1.807) is 0 Å². The molecule has 1 aromatic carbocycles. The van der Waals surface area contributed by atoms with Crippen LogP contribution < -0.4 is 10.5 Å². The van der Waals surface area contributed by atoms with Crippen molar-refractivity contribution in [1.29, 1.82) is 0 Å².